The quantitative estimate of drug-likeness (QED) is 0.556. The van der Waals surface area contributed by atoms with Gasteiger partial charge in [-0.2, -0.15) is 0 Å². The Morgan fingerprint density at radius 1 is 1.12 bits per heavy atom. The van der Waals surface area contributed by atoms with E-state index < -0.39 is 0 Å². The van der Waals surface area contributed by atoms with Crippen LogP contribution in [0.5, 0.6) is 0 Å². The van der Waals surface area contributed by atoms with Gasteiger partial charge in [0.25, 0.3) is 0 Å². The molecule has 0 fully saturated rings. The van der Waals surface area contributed by atoms with Crippen molar-refractivity contribution >= 4 is 5.96 Å². The molecule has 1 heterocycles. The van der Waals surface area contributed by atoms with Crippen molar-refractivity contribution in [3.8, 4) is 5.69 Å². The van der Waals surface area contributed by atoms with Crippen molar-refractivity contribution in [2.24, 2.45) is 4.99 Å². The Kier molecular flexibility index (Phi) is 5.46. The van der Waals surface area contributed by atoms with Crippen LogP contribution in [0.2, 0.25) is 0 Å². The standard InChI is InChI=1S/C20H23N5/c1-16(17-8-4-3-5-9-17)24-20(21-2)23-14-18-10-6-7-11-19(18)25-13-12-22-15-25/h3-13,15-16H,14H2,1-2H3,(H2,21,23,24). The lowest BCUT2D eigenvalue weighted by Crippen LogP contribution is -2.38. The number of aromatic nitrogens is 2. The Balaban J connectivity index is 1.66. The molecule has 0 radical (unpaired) electrons. The van der Waals surface area contributed by atoms with Gasteiger partial charge in [0.15, 0.2) is 5.96 Å². The van der Waals surface area contributed by atoms with E-state index >= 15 is 0 Å². The number of imidazole rings is 1. The van der Waals surface area contributed by atoms with Gasteiger partial charge in [-0.15, -0.1) is 0 Å². The van der Waals surface area contributed by atoms with Crippen LogP contribution in [-0.2, 0) is 6.54 Å². The number of nitrogens with one attached hydrogen (secondary N) is 2. The van der Waals surface area contributed by atoms with E-state index in [1.54, 1.807) is 13.2 Å². The number of hydrogen-bond acceptors (Lipinski definition) is 2. The van der Waals surface area contributed by atoms with Crippen molar-refractivity contribution in [3.63, 3.8) is 0 Å². The van der Waals surface area contributed by atoms with Crippen molar-refractivity contribution in [2.75, 3.05) is 7.05 Å². The third kappa shape index (κ3) is 4.26. The highest BCUT2D eigenvalue weighted by Gasteiger charge is 2.08. The molecule has 2 aromatic carbocycles. The van der Waals surface area contributed by atoms with Crippen LogP contribution >= 0.6 is 0 Å². The summed E-state index contributed by atoms with van der Waals surface area (Å²) in [6.45, 7) is 2.80. The highest BCUT2D eigenvalue weighted by atomic mass is 15.2. The summed E-state index contributed by atoms with van der Waals surface area (Å²) in [4.78, 5) is 8.47. The van der Waals surface area contributed by atoms with Crippen LogP contribution in [0.25, 0.3) is 5.69 Å². The second kappa shape index (κ2) is 8.15. The Labute approximate surface area is 148 Å². The molecule has 0 amide bonds. The third-order valence-electron chi connectivity index (χ3n) is 4.10. The Hall–Kier alpha value is -3.08. The minimum Gasteiger partial charge on any atom is -0.352 e. The molecule has 0 saturated heterocycles. The molecular weight excluding hydrogens is 310 g/mol. The van der Waals surface area contributed by atoms with E-state index in [1.165, 1.54) is 11.1 Å². The smallest absolute Gasteiger partial charge is 0.191 e. The Bertz CT molecular complexity index is 809. The number of benzene rings is 2. The Morgan fingerprint density at radius 3 is 2.60 bits per heavy atom. The van der Waals surface area contributed by atoms with Gasteiger partial charge in [0.2, 0.25) is 0 Å². The van der Waals surface area contributed by atoms with E-state index in [-0.39, 0.29) is 6.04 Å². The third-order valence-corrected chi connectivity index (χ3v) is 4.10. The molecule has 0 saturated carbocycles. The lowest BCUT2D eigenvalue weighted by molar-refractivity contribution is 0.685. The number of rotatable bonds is 5. The lowest BCUT2D eigenvalue weighted by atomic mass is 10.1. The van der Waals surface area contributed by atoms with Crippen LogP contribution in [0, 0.1) is 0 Å². The zero-order valence-electron chi connectivity index (χ0n) is 14.6. The summed E-state index contributed by atoms with van der Waals surface area (Å²) >= 11 is 0. The molecule has 5 heteroatoms. The van der Waals surface area contributed by atoms with Gasteiger partial charge in [-0.3, -0.25) is 4.99 Å². The van der Waals surface area contributed by atoms with E-state index in [0.717, 1.165) is 11.6 Å². The number of nitrogens with zero attached hydrogens (tertiary/aromatic N) is 3. The van der Waals surface area contributed by atoms with Crippen LogP contribution in [0.1, 0.15) is 24.1 Å². The monoisotopic (exact) mass is 333 g/mol. The summed E-state index contributed by atoms with van der Waals surface area (Å²) in [5.41, 5.74) is 3.51. The predicted molar refractivity (Wildman–Crippen MR) is 102 cm³/mol. The van der Waals surface area contributed by atoms with Gasteiger partial charge in [0.1, 0.15) is 0 Å². The van der Waals surface area contributed by atoms with E-state index in [2.05, 4.69) is 51.8 Å². The second-order valence-electron chi connectivity index (χ2n) is 5.80. The van der Waals surface area contributed by atoms with Crippen LogP contribution < -0.4 is 10.6 Å². The summed E-state index contributed by atoms with van der Waals surface area (Å²) in [6, 6.07) is 18.8. The molecule has 1 atom stereocenters. The molecule has 5 nitrogen and oxygen atoms in total. The van der Waals surface area contributed by atoms with E-state index in [1.807, 2.05) is 47.4 Å². The maximum Gasteiger partial charge on any atom is 0.191 e. The normalized spacial score (nSPS) is 12.6. The maximum absolute atomic E-state index is 4.34. The van der Waals surface area contributed by atoms with Crippen molar-refractivity contribution in [1.82, 2.24) is 20.2 Å². The first-order valence-corrected chi connectivity index (χ1v) is 8.36. The minimum absolute atomic E-state index is 0.177. The molecule has 25 heavy (non-hydrogen) atoms. The van der Waals surface area contributed by atoms with Gasteiger partial charge in [-0.1, -0.05) is 48.5 Å². The number of aliphatic imine (C=N–C) groups is 1. The molecule has 2 N–H and O–H groups in total. The fraction of sp³-hybridized carbons (Fsp3) is 0.200. The molecule has 1 unspecified atom stereocenters. The molecule has 0 bridgehead atoms. The molecule has 0 aliphatic heterocycles. The minimum atomic E-state index is 0.177. The first-order chi connectivity index (χ1) is 12.3. The Morgan fingerprint density at radius 2 is 1.88 bits per heavy atom. The zero-order chi connectivity index (χ0) is 17.5. The fourth-order valence-electron chi connectivity index (χ4n) is 2.72. The van der Waals surface area contributed by atoms with Crippen LogP contribution in [0.3, 0.4) is 0 Å². The van der Waals surface area contributed by atoms with Crippen LogP contribution in [-0.4, -0.2) is 22.6 Å². The van der Waals surface area contributed by atoms with Gasteiger partial charge >= 0.3 is 0 Å². The molecule has 3 rings (SSSR count). The molecule has 0 spiro atoms. The zero-order valence-corrected chi connectivity index (χ0v) is 14.6. The number of para-hydroxylation sites is 1. The van der Waals surface area contributed by atoms with Gasteiger partial charge in [-0.05, 0) is 24.1 Å². The topological polar surface area (TPSA) is 54.2 Å². The van der Waals surface area contributed by atoms with Crippen LogP contribution in [0.4, 0.5) is 0 Å². The first-order valence-electron chi connectivity index (χ1n) is 8.36. The summed E-state index contributed by atoms with van der Waals surface area (Å²) in [7, 11) is 1.79. The predicted octanol–water partition coefficient (Wildman–Crippen LogP) is 3.30. The van der Waals surface area contributed by atoms with Crippen molar-refractivity contribution < 1.29 is 0 Å². The van der Waals surface area contributed by atoms with Crippen molar-refractivity contribution in [3.05, 3.63) is 84.4 Å². The average molecular weight is 333 g/mol. The summed E-state index contributed by atoms with van der Waals surface area (Å²) in [5.74, 6) is 0.775. The summed E-state index contributed by atoms with van der Waals surface area (Å²) in [6.07, 6.45) is 5.54. The molecule has 128 valence electrons. The highest BCUT2D eigenvalue weighted by Crippen LogP contribution is 2.14. The van der Waals surface area contributed by atoms with Crippen molar-refractivity contribution in [1.29, 1.82) is 0 Å². The summed E-state index contributed by atoms with van der Waals surface area (Å²) in [5, 5.41) is 6.82. The van der Waals surface area contributed by atoms with Gasteiger partial charge in [-0.25, -0.2) is 4.98 Å². The van der Waals surface area contributed by atoms with E-state index in [9.17, 15) is 0 Å². The van der Waals surface area contributed by atoms with E-state index in [0.29, 0.717) is 6.54 Å². The van der Waals surface area contributed by atoms with Crippen molar-refractivity contribution in [2.45, 2.75) is 19.5 Å². The van der Waals surface area contributed by atoms with Crippen LogP contribution in [0.15, 0.2) is 78.3 Å². The van der Waals surface area contributed by atoms with Gasteiger partial charge in [0.05, 0.1) is 18.1 Å². The molecule has 3 aromatic rings. The number of guanidine groups is 1. The summed E-state index contributed by atoms with van der Waals surface area (Å²) < 4.78 is 2.01. The first kappa shape index (κ1) is 16.8. The maximum atomic E-state index is 4.34. The average Bonchev–Trinajstić information content (AvgIpc) is 3.20. The molecular formula is C20H23N5. The van der Waals surface area contributed by atoms with Gasteiger partial charge in [0, 0.05) is 26.0 Å². The highest BCUT2D eigenvalue weighted by molar-refractivity contribution is 5.80. The fourth-order valence-corrected chi connectivity index (χ4v) is 2.72. The van der Waals surface area contributed by atoms with E-state index in [4.69, 9.17) is 0 Å². The molecule has 0 aliphatic carbocycles. The molecule has 0 aliphatic rings. The van der Waals surface area contributed by atoms with Gasteiger partial charge < -0.3 is 15.2 Å². The molecule has 1 aromatic heterocycles. The largest absolute Gasteiger partial charge is 0.352 e. The second-order valence-corrected chi connectivity index (χ2v) is 5.80. The lowest BCUT2D eigenvalue weighted by Gasteiger charge is -2.19. The number of hydrogen-bond donors (Lipinski definition) is 2. The SMILES string of the molecule is CN=C(NCc1ccccc1-n1ccnc1)NC(C)c1ccccc1.